The molecule has 0 unspecified atom stereocenters. The van der Waals surface area contributed by atoms with Crippen LogP contribution in [0.15, 0.2) is 60.8 Å². The molecule has 1 atom stereocenters. The Balaban J connectivity index is 1.93. The van der Waals surface area contributed by atoms with Crippen LogP contribution in [-0.4, -0.2) is 15.1 Å². The Morgan fingerprint density at radius 1 is 1.07 bits per heavy atom. The quantitative estimate of drug-likeness (QED) is 0.439. The standard InChI is InChI=1S/C23H19ClFN3O/c1-13-10-11-26-19(12-13)28-22(20-17(24)4-3-5-18(20)25)16-9-8-15-7-6-14(2)27-21(15)23(16)29/h3-12,22,29H,1-2H3,(H,26,28)/t22-/m1/s1. The molecule has 6 heteroatoms. The predicted molar refractivity (Wildman–Crippen MR) is 114 cm³/mol. The van der Waals surface area contributed by atoms with Gasteiger partial charge < -0.3 is 10.4 Å². The molecule has 2 aromatic carbocycles. The number of aromatic hydroxyl groups is 1. The van der Waals surface area contributed by atoms with Gasteiger partial charge in [0.2, 0.25) is 0 Å². The number of pyridine rings is 2. The van der Waals surface area contributed by atoms with Crippen molar-refractivity contribution in [3.05, 3.63) is 94.0 Å². The first-order chi connectivity index (χ1) is 13.9. The maximum atomic E-state index is 14.8. The summed E-state index contributed by atoms with van der Waals surface area (Å²) in [5.41, 5.74) is 2.93. The van der Waals surface area contributed by atoms with E-state index in [9.17, 15) is 9.50 Å². The minimum Gasteiger partial charge on any atom is -0.505 e. The Morgan fingerprint density at radius 2 is 1.86 bits per heavy atom. The Labute approximate surface area is 173 Å². The highest BCUT2D eigenvalue weighted by Gasteiger charge is 2.25. The number of phenolic OH excluding ortho intramolecular Hbond substituents is 1. The van der Waals surface area contributed by atoms with Crippen molar-refractivity contribution in [3.8, 4) is 5.75 Å². The van der Waals surface area contributed by atoms with Gasteiger partial charge in [-0.15, -0.1) is 0 Å². The largest absolute Gasteiger partial charge is 0.505 e. The van der Waals surface area contributed by atoms with E-state index in [-0.39, 0.29) is 16.3 Å². The van der Waals surface area contributed by atoms with E-state index in [4.69, 9.17) is 11.6 Å². The number of aromatic nitrogens is 2. The van der Waals surface area contributed by atoms with Gasteiger partial charge in [-0.2, -0.15) is 0 Å². The van der Waals surface area contributed by atoms with E-state index in [1.54, 1.807) is 24.4 Å². The summed E-state index contributed by atoms with van der Waals surface area (Å²) in [7, 11) is 0. The van der Waals surface area contributed by atoms with Crippen molar-refractivity contribution in [1.29, 1.82) is 0 Å². The molecule has 0 bridgehead atoms. The number of phenols is 1. The molecule has 4 aromatic rings. The molecule has 29 heavy (non-hydrogen) atoms. The molecule has 2 N–H and O–H groups in total. The molecule has 0 spiro atoms. The number of fused-ring (bicyclic) bond motifs is 1. The highest BCUT2D eigenvalue weighted by atomic mass is 35.5. The summed E-state index contributed by atoms with van der Waals surface area (Å²) >= 11 is 6.37. The van der Waals surface area contributed by atoms with E-state index < -0.39 is 11.9 Å². The fourth-order valence-electron chi connectivity index (χ4n) is 3.37. The van der Waals surface area contributed by atoms with Gasteiger partial charge in [0.05, 0.1) is 6.04 Å². The fourth-order valence-corrected chi connectivity index (χ4v) is 3.65. The maximum Gasteiger partial charge on any atom is 0.147 e. The van der Waals surface area contributed by atoms with Crippen LogP contribution in [0, 0.1) is 19.7 Å². The Morgan fingerprint density at radius 3 is 2.62 bits per heavy atom. The van der Waals surface area contributed by atoms with Crippen LogP contribution in [0.25, 0.3) is 10.9 Å². The molecule has 2 heterocycles. The third-order valence-corrected chi connectivity index (χ3v) is 5.14. The zero-order valence-corrected chi connectivity index (χ0v) is 16.7. The van der Waals surface area contributed by atoms with Crippen LogP contribution in [-0.2, 0) is 0 Å². The first kappa shape index (κ1) is 19.2. The highest BCUT2D eigenvalue weighted by Crippen LogP contribution is 2.39. The van der Waals surface area contributed by atoms with Gasteiger partial charge in [-0.25, -0.2) is 14.4 Å². The molecule has 0 saturated carbocycles. The number of rotatable bonds is 4. The topological polar surface area (TPSA) is 58.0 Å². The van der Waals surface area contributed by atoms with Crippen LogP contribution in [0.1, 0.15) is 28.4 Å². The lowest BCUT2D eigenvalue weighted by Crippen LogP contribution is -2.16. The molecule has 4 rings (SSSR count). The lowest BCUT2D eigenvalue weighted by molar-refractivity contribution is 0.470. The summed E-state index contributed by atoms with van der Waals surface area (Å²) in [6, 6.07) is 14.9. The van der Waals surface area contributed by atoms with Crippen molar-refractivity contribution in [2.24, 2.45) is 0 Å². The van der Waals surface area contributed by atoms with E-state index >= 15 is 0 Å². The Kier molecular flexibility index (Phi) is 5.07. The normalized spacial score (nSPS) is 12.1. The van der Waals surface area contributed by atoms with E-state index in [0.29, 0.717) is 16.9 Å². The monoisotopic (exact) mass is 407 g/mol. The van der Waals surface area contributed by atoms with Crippen LogP contribution in [0.2, 0.25) is 5.02 Å². The first-order valence-electron chi connectivity index (χ1n) is 9.16. The summed E-state index contributed by atoms with van der Waals surface area (Å²) < 4.78 is 14.8. The smallest absolute Gasteiger partial charge is 0.147 e. The second-order valence-electron chi connectivity index (χ2n) is 6.96. The number of nitrogens with zero attached hydrogens (tertiary/aromatic N) is 2. The van der Waals surface area contributed by atoms with Crippen LogP contribution in [0.5, 0.6) is 5.75 Å². The van der Waals surface area contributed by atoms with Crippen LogP contribution < -0.4 is 5.32 Å². The number of hydrogen-bond acceptors (Lipinski definition) is 4. The van der Waals surface area contributed by atoms with Crippen molar-refractivity contribution in [3.63, 3.8) is 0 Å². The summed E-state index contributed by atoms with van der Waals surface area (Å²) in [6.07, 6.45) is 1.67. The SMILES string of the molecule is Cc1ccnc(N[C@H](c2ccc3ccc(C)nc3c2O)c2c(F)cccc2Cl)c1. The molecular formula is C23H19ClFN3O. The predicted octanol–water partition coefficient (Wildman–Crippen LogP) is 5.95. The first-order valence-corrected chi connectivity index (χ1v) is 9.54. The molecule has 0 aliphatic rings. The van der Waals surface area contributed by atoms with Gasteiger partial charge in [0.1, 0.15) is 22.9 Å². The lowest BCUT2D eigenvalue weighted by atomic mass is 9.95. The highest BCUT2D eigenvalue weighted by molar-refractivity contribution is 6.31. The second kappa shape index (κ2) is 7.68. The van der Waals surface area contributed by atoms with Crippen LogP contribution >= 0.6 is 11.6 Å². The number of nitrogens with one attached hydrogen (secondary N) is 1. The van der Waals surface area contributed by atoms with Crippen molar-refractivity contribution >= 4 is 28.3 Å². The van der Waals surface area contributed by atoms with Gasteiger partial charge in [0, 0.05) is 33.4 Å². The summed E-state index contributed by atoms with van der Waals surface area (Å²) in [5, 5.41) is 15.3. The van der Waals surface area contributed by atoms with Crippen LogP contribution in [0.4, 0.5) is 10.2 Å². The van der Waals surface area contributed by atoms with Crippen molar-refractivity contribution in [2.45, 2.75) is 19.9 Å². The molecule has 0 aliphatic heterocycles. The van der Waals surface area contributed by atoms with E-state index in [0.717, 1.165) is 16.6 Å². The zero-order chi connectivity index (χ0) is 20.5. The molecule has 0 saturated heterocycles. The molecule has 0 aliphatic carbocycles. The minimum absolute atomic E-state index is 0.0179. The van der Waals surface area contributed by atoms with Gasteiger partial charge in [-0.3, -0.25) is 0 Å². The molecular weight excluding hydrogens is 389 g/mol. The van der Waals surface area contributed by atoms with E-state index in [1.807, 2.05) is 44.2 Å². The maximum absolute atomic E-state index is 14.8. The van der Waals surface area contributed by atoms with E-state index in [2.05, 4.69) is 15.3 Å². The molecule has 2 aromatic heterocycles. The molecule has 0 radical (unpaired) electrons. The van der Waals surface area contributed by atoms with Gasteiger partial charge in [0.15, 0.2) is 0 Å². The summed E-state index contributed by atoms with van der Waals surface area (Å²) in [6.45, 7) is 3.80. The number of anilines is 1. The third-order valence-electron chi connectivity index (χ3n) is 4.81. The number of benzene rings is 2. The molecule has 0 amide bonds. The van der Waals surface area contributed by atoms with Crippen molar-refractivity contribution < 1.29 is 9.50 Å². The minimum atomic E-state index is -0.760. The van der Waals surface area contributed by atoms with Crippen molar-refractivity contribution in [2.75, 3.05) is 5.32 Å². The fraction of sp³-hybridized carbons (Fsp3) is 0.130. The average Bonchev–Trinajstić information content (AvgIpc) is 2.68. The van der Waals surface area contributed by atoms with E-state index in [1.165, 1.54) is 6.07 Å². The molecule has 4 nitrogen and oxygen atoms in total. The average molecular weight is 408 g/mol. The number of hydrogen-bond donors (Lipinski definition) is 2. The molecule has 0 fully saturated rings. The zero-order valence-electron chi connectivity index (χ0n) is 15.9. The second-order valence-corrected chi connectivity index (χ2v) is 7.37. The number of aryl methyl sites for hydroxylation is 2. The Hall–Kier alpha value is -3.18. The molecule has 146 valence electrons. The van der Waals surface area contributed by atoms with Gasteiger partial charge in [-0.05, 0) is 49.7 Å². The van der Waals surface area contributed by atoms with Gasteiger partial charge >= 0.3 is 0 Å². The van der Waals surface area contributed by atoms with Gasteiger partial charge in [0.25, 0.3) is 0 Å². The van der Waals surface area contributed by atoms with Gasteiger partial charge in [-0.1, -0.05) is 35.9 Å². The summed E-state index contributed by atoms with van der Waals surface area (Å²) in [5.74, 6) is 0.0565. The van der Waals surface area contributed by atoms with Crippen LogP contribution in [0.3, 0.4) is 0 Å². The lowest BCUT2D eigenvalue weighted by Gasteiger charge is -2.23. The third kappa shape index (κ3) is 3.74. The summed E-state index contributed by atoms with van der Waals surface area (Å²) in [4.78, 5) is 8.78. The van der Waals surface area contributed by atoms with Crippen molar-refractivity contribution in [1.82, 2.24) is 9.97 Å². The number of halogens is 2. The Bertz CT molecular complexity index is 1190.